The Morgan fingerprint density at radius 3 is 2.42 bits per heavy atom. The molecule has 5 nitrogen and oxygen atoms in total. The Balaban J connectivity index is 1.64. The quantitative estimate of drug-likeness (QED) is 0.644. The van der Waals surface area contributed by atoms with Crippen molar-refractivity contribution in [2.45, 2.75) is 51.9 Å². The number of halogens is 1. The minimum absolute atomic E-state index is 0.214. The Hall–Kier alpha value is -2.64. The highest BCUT2D eigenvalue weighted by atomic mass is 19.1. The molecular weight excluding hydrogens is 394 g/mol. The molecule has 1 aromatic heterocycles. The van der Waals surface area contributed by atoms with Crippen LogP contribution in [-0.2, 0) is 16.4 Å². The van der Waals surface area contributed by atoms with E-state index in [1.165, 1.54) is 12.1 Å². The highest BCUT2D eigenvalue weighted by molar-refractivity contribution is 6.62. The van der Waals surface area contributed by atoms with Crippen LogP contribution in [0.15, 0.2) is 48.7 Å². The topological polar surface area (TPSA) is 52.5 Å². The smallest absolute Gasteiger partial charge is 0.399 e. The van der Waals surface area contributed by atoms with Crippen LogP contribution in [0.4, 0.5) is 4.39 Å². The summed E-state index contributed by atoms with van der Waals surface area (Å²) in [6.07, 6.45) is 1.81. The van der Waals surface area contributed by atoms with Gasteiger partial charge >= 0.3 is 7.12 Å². The summed E-state index contributed by atoms with van der Waals surface area (Å²) < 4.78 is 27.8. The number of benzene rings is 2. The Kier molecular flexibility index (Phi) is 5.22. The molecule has 0 bridgehead atoms. The van der Waals surface area contributed by atoms with E-state index in [0.29, 0.717) is 11.1 Å². The number of rotatable bonds is 4. The molecule has 1 saturated heterocycles. The number of amides is 1. The zero-order valence-electron chi connectivity index (χ0n) is 18.8. The molecule has 2 aromatic carbocycles. The molecule has 0 saturated carbocycles. The van der Waals surface area contributed by atoms with E-state index in [4.69, 9.17) is 9.31 Å². The molecule has 162 valence electrons. The summed E-state index contributed by atoms with van der Waals surface area (Å²) in [5.74, 6) is -0.538. The summed E-state index contributed by atoms with van der Waals surface area (Å²) in [4.78, 5) is 13.1. The van der Waals surface area contributed by atoms with Crippen molar-refractivity contribution in [3.8, 4) is 0 Å². The number of hydrogen-bond acceptors (Lipinski definition) is 3. The second kappa shape index (κ2) is 7.50. The number of hydrogen-bond donors (Lipinski definition) is 1. The van der Waals surface area contributed by atoms with Crippen LogP contribution < -0.4 is 10.8 Å². The normalized spacial score (nSPS) is 18.4. The number of carbonyl (C=O) groups excluding carboxylic acids is 1. The molecule has 0 aliphatic carbocycles. The van der Waals surface area contributed by atoms with Crippen molar-refractivity contribution < 1.29 is 18.5 Å². The summed E-state index contributed by atoms with van der Waals surface area (Å²) in [7, 11) is 1.40. The lowest BCUT2D eigenvalue weighted by molar-refractivity contribution is 0.00578. The van der Waals surface area contributed by atoms with Gasteiger partial charge in [-0.05, 0) is 63.8 Å². The van der Waals surface area contributed by atoms with Gasteiger partial charge in [0.05, 0.1) is 22.8 Å². The molecule has 3 aromatic rings. The first-order chi connectivity index (χ1) is 14.5. The molecule has 0 unspecified atom stereocenters. The van der Waals surface area contributed by atoms with E-state index >= 15 is 0 Å². The predicted octanol–water partition coefficient (Wildman–Crippen LogP) is 4.11. The number of fused-ring (bicyclic) bond motifs is 1. The lowest BCUT2D eigenvalue weighted by atomic mass is 9.78. The van der Waals surface area contributed by atoms with Crippen molar-refractivity contribution in [1.82, 2.24) is 9.88 Å². The molecule has 4 rings (SSSR count). The fourth-order valence-electron chi connectivity index (χ4n) is 3.85. The standard InChI is InChI=1S/C24H28BFN2O3/c1-15(16-8-7-9-18(26)12-16)27-22(29)20-14-28(6)21-11-10-17(13-19(20)21)25-30-23(2,3)24(4,5)31-25/h7-15H,1-6H3,(H,27,29)/t15-/m0/s1. The maximum atomic E-state index is 13.6. The molecule has 1 N–H and O–H groups in total. The molecule has 1 atom stereocenters. The average Bonchev–Trinajstić information content (AvgIpc) is 3.14. The van der Waals surface area contributed by atoms with Crippen LogP contribution in [0, 0.1) is 5.82 Å². The molecule has 7 heteroatoms. The van der Waals surface area contributed by atoms with Gasteiger partial charge in [0, 0.05) is 24.1 Å². The highest BCUT2D eigenvalue weighted by Gasteiger charge is 2.51. The number of aromatic nitrogens is 1. The summed E-state index contributed by atoms with van der Waals surface area (Å²) in [6.45, 7) is 9.90. The van der Waals surface area contributed by atoms with Gasteiger partial charge in [0.25, 0.3) is 5.91 Å². The minimum atomic E-state index is -0.503. The van der Waals surface area contributed by atoms with Crippen LogP contribution in [-0.4, -0.2) is 28.8 Å². The predicted molar refractivity (Wildman–Crippen MR) is 121 cm³/mol. The monoisotopic (exact) mass is 422 g/mol. The molecule has 1 fully saturated rings. The van der Waals surface area contributed by atoms with Gasteiger partial charge in [0.2, 0.25) is 0 Å². The molecule has 0 spiro atoms. The Bertz CT molecular complexity index is 1140. The first-order valence-electron chi connectivity index (χ1n) is 10.5. The number of carbonyl (C=O) groups is 1. The summed E-state index contributed by atoms with van der Waals surface area (Å²) in [5, 5.41) is 3.80. The van der Waals surface area contributed by atoms with E-state index in [2.05, 4.69) is 5.32 Å². The van der Waals surface area contributed by atoms with Crippen molar-refractivity contribution in [2.24, 2.45) is 7.05 Å². The van der Waals surface area contributed by atoms with Crippen LogP contribution in [0.3, 0.4) is 0 Å². The first-order valence-corrected chi connectivity index (χ1v) is 10.5. The minimum Gasteiger partial charge on any atom is -0.399 e. The summed E-state index contributed by atoms with van der Waals surface area (Å²) in [5.41, 5.74) is 2.19. The molecular formula is C24H28BFN2O3. The van der Waals surface area contributed by atoms with Gasteiger partial charge in [-0.2, -0.15) is 0 Å². The Morgan fingerprint density at radius 2 is 1.77 bits per heavy atom. The van der Waals surface area contributed by atoms with Gasteiger partial charge in [-0.15, -0.1) is 0 Å². The van der Waals surface area contributed by atoms with Crippen LogP contribution >= 0.6 is 0 Å². The van der Waals surface area contributed by atoms with Crippen LogP contribution in [0.2, 0.25) is 0 Å². The lowest BCUT2D eigenvalue weighted by Gasteiger charge is -2.32. The van der Waals surface area contributed by atoms with E-state index in [1.807, 2.05) is 70.6 Å². The van der Waals surface area contributed by atoms with E-state index in [-0.39, 0.29) is 17.8 Å². The van der Waals surface area contributed by atoms with Crippen molar-refractivity contribution in [2.75, 3.05) is 0 Å². The molecule has 1 aliphatic heterocycles. The molecule has 2 heterocycles. The van der Waals surface area contributed by atoms with Gasteiger partial charge in [0.15, 0.2) is 0 Å². The van der Waals surface area contributed by atoms with Crippen LogP contribution in [0.1, 0.15) is 56.6 Å². The van der Waals surface area contributed by atoms with Gasteiger partial charge in [0.1, 0.15) is 5.82 Å². The van der Waals surface area contributed by atoms with Gasteiger partial charge in [-0.3, -0.25) is 4.79 Å². The number of nitrogens with zero attached hydrogens (tertiary/aromatic N) is 1. The van der Waals surface area contributed by atoms with Gasteiger partial charge in [-0.25, -0.2) is 4.39 Å². The zero-order chi connectivity index (χ0) is 22.6. The van der Waals surface area contributed by atoms with Crippen molar-refractivity contribution in [3.05, 3.63) is 65.6 Å². The van der Waals surface area contributed by atoms with Crippen molar-refractivity contribution in [1.29, 1.82) is 0 Å². The van der Waals surface area contributed by atoms with Crippen molar-refractivity contribution >= 4 is 29.4 Å². The highest BCUT2D eigenvalue weighted by Crippen LogP contribution is 2.36. The van der Waals surface area contributed by atoms with Gasteiger partial charge in [-0.1, -0.05) is 24.3 Å². The average molecular weight is 422 g/mol. The van der Waals surface area contributed by atoms with E-state index < -0.39 is 18.3 Å². The third-order valence-corrected chi connectivity index (χ3v) is 6.48. The molecule has 31 heavy (non-hydrogen) atoms. The van der Waals surface area contributed by atoms with E-state index in [0.717, 1.165) is 16.4 Å². The fraction of sp³-hybridized carbons (Fsp3) is 0.375. The van der Waals surface area contributed by atoms with Gasteiger partial charge < -0.3 is 19.2 Å². The Morgan fingerprint density at radius 1 is 1.10 bits per heavy atom. The third kappa shape index (κ3) is 3.88. The zero-order valence-corrected chi connectivity index (χ0v) is 18.8. The number of nitrogens with one attached hydrogen (secondary N) is 1. The summed E-state index contributed by atoms with van der Waals surface area (Å²) in [6, 6.07) is 11.8. The maximum Gasteiger partial charge on any atom is 0.494 e. The summed E-state index contributed by atoms with van der Waals surface area (Å²) >= 11 is 0. The SMILES string of the molecule is C[C@H](NC(=O)c1cn(C)c2ccc(B3OC(C)(C)C(C)(C)O3)cc12)c1cccc(F)c1. The maximum absolute atomic E-state index is 13.6. The largest absolute Gasteiger partial charge is 0.494 e. The van der Waals surface area contributed by atoms with Crippen molar-refractivity contribution in [3.63, 3.8) is 0 Å². The van der Waals surface area contributed by atoms with E-state index in [9.17, 15) is 9.18 Å². The molecule has 0 radical (unpaired) electrons. The first kappa shape index (κ1) is 21.6. The third-order valence-electron chi connectivity index (χ3n) is 6.48. The second-order valence-electron chi connectivity index (χ2n) is 9.27. The van der Waals surface area contributed by atoms with Crippen LogP contribution in [0.25, 0.3) is 10.9 Å². The molecule has 1 amide bonds. The Labute approximate surface area is 182 Å². The second-order valence-corrected chi connectivity index (χ2v) is 9.27. The van der Waals surface area contributed by atoms with E-state index in [1.54, 1.807) is 12.1 Å². The fourth-order valence-corrected chi connectivity index (χ4v) is 3.85. The lowest BCUT2D eigenvalue weighted by Crippen LogP contribution is -2.41. The number of aryl methyl sites for hydroxylation is 1. The molecule has 1 aliphatic rings. The van der Waals surface area contributed by atoms with Crippen LogP contribution in [0.5, 0.6) is 0 Å².